The van der Waals surface area contributed by atoms with E-state index in [1.54, 1.807) is 12.1 Å². The summed E-state index contributed by atoms with van der Waals surface area (Å²) < 4.78 is 18.2. The summed E-state index contributed by atoms with van der Waals surface area (Å²) in [6, 6.07) is 6.22. The molecule has 0 aliphatic heterocycles. The van der Waals surface area contributed by atoms with E-state index in [-0.39, 0.29) is 11.9 Å². The first-order chi connectivity index (χ1) is 7.58. The molecule has 0 amide bonds. The predicted octanol–water partition coefficient (Wildman–Crippen LogP) is 1.48. The zero-order chi connectivity index (χ0) is 12.0. The fourth-order valence-electron chi connectivity index (χ4n) is 1.45. The average Bonchev–Trinajstić information content (AvgIpc) is 2.16. The molecule has 0 saturated carbocycles. The summed E-state index contributed by atoms with van der Waals surface area (Å²) in [6.07, 6.45) is 0.759. The molecule has 4 heteroatoms. The molecule has 1 aromatic carbocycles. The number of rotatable bonds is 6. The van der Waals surface area contributed by atoms with E-state index >= 15 is 0 Å². The molecule has 2 N–H and O–H groups in total. The minimum Gasteiger partial charge on any atom is -0.493 e. The largest absolute Gasteiger partial charge is 0.493 e. The maximum absolute atomic E-state index is 12.8. The molecule has 0 radical (unpaired) electrons. The van der Waals surface area contributed by atoms with Gasteiger partial charge in [0.1, 0.15) is 11.6 Å². The number of ether oxygens (including phenoxy) is 1. The van der Waals surface area contributed by atoms with Gasteiger partial charge in [0.25, 0.3) is 0 Å². The lowest BCUT2D eigenvalue weighted by Crippen LogP contribution is -2.34. The monoisotopic (exact) mass is 226 g/mol. The summed E-state index contributed by atoms with van der Waals surface area (Å²) in [6.45, 7) is 1.34. The molecule has 0 spiro atoms. The van der Waals surface area contributed by atoms with Gasteiger partial charge in [-0.2, -0.15) is 0 Å². The van der Waals surface area contributed by atoms with E-state index in [4.69, 9.17) is 10.5 Å². The number of nitrogens with zero attached hydrogens (tertiary/aromatic N) is 1. The smallest absolute Gasteiger partial charge is 0.126 e. The van der Waals surface area contributed by atoms with Crippen LogP contribution in [0.25, 0.3) is 0 Å². The van der Waals surface area contributed by atoms with Gasteiger partial charge in [-0.05, 0) is 32.6 Å². The molecule has 0 aromatic heterocycles. The number of hydrogen-bond acceptors (Lipinski definition) is 3. The quantitative estimate of drug-likeness (QED) is 0.798. The molecule has 1 aromatic rings. The van der Waals surface area contributed by atoms with Crippen molar-refractivity contribution in [2.45, 2.75) is 12.5 Å². The number of benzene rings is 1. The van der Waals surface area contributed by atoms with Crippen LogP contribution in [0.3, 0.4) is 0 Å². The Hall–Kier alpha value is -1.13. The highest BCUT2D eigenvalue weighted by Crippen LogP contribution is 2.12. The van der Waals surface area contributed by atoms with E-state index in [0.717, 1.165) is 13.0 Å². The van der Waals surface area contributed by atoms with Crippen LogP contribution < -0.4 is 10.5 Å². The van der Waals surface area contributed by atoms with Crippen molar-refractivity contribution in [2.75, 3.05) is 27.2 Å². The zero-order valence-electron chi connectivity index (χ0n) is 9.82. The highest BCUT2D eigenvalue weighted by molar-refractivity contribution is 5.22. The highest BCUT2D eigenvalue weighted by atomic mass is 19.1. The van der Waals surface area contributed by atoms with Crippen molar-refractivity contribution >= 4 is 0 Å². The summed E-state index contributed by atoms with van der Waals surface area (Å²) >= 11 is 0. The molecule has 1 atom stereocenters. The second-order valence-electron chi connectivity index (χ2n) is 4.12. The number of nitrogens with two attached hydrogens (primary N) is 1. The molecule has 0 fully saturated rings. The Morgan fingerprint density at radius 1 is 1.44 bits per heavy atom. The van der Waals surface area contributed by atoms with Crippen LogP contribution >= 0.6 is 0 Å². The summed E-state index contributed by atoms with van der Waals surface area (Å²) in [4.78, 5) is 2.03. The van der Waals surface area contributed by atoms with Crippen LogP contribution in [-0.2, 0) is 0 Å². The van der Waals surface area contributed by atoms with Gasteiger partial charge < -0.3 is 15.4 Å². The van der Waals surface area contributed by atoms with Gasteiger partial charge in [0, 0.05) is 18.7 Å². The standard InChI is InChI=1S/C12H19FN2O/c1-15(2)9-11(14)6-7-16-12-5-3-4-10(13)8-12/h3-5,8,11H,6-7,9,14H2,1-2H3. The third-order valence-corrected chi connectivity index (χ3v) is 2.15. The second kappa shape index (κ2) is 6.45. The van der Waals surface area contributed by atoms with Crippen LogP contribution in [0.4, 0.5) is 4.39 Å². The maximum Gasteiger partial charge on any atom is 0.126 e. The third kappa shape index (κ3) is 5.09. The first kappa shape index (κ1) is 12.9. The van der Waals surface area contributed by atoms with Gasteiger partial charge in [0.2, 0.25) is 0 Å². The minimum atomic E-state index is -0.282. The average molecular weight is 226 g/mol. The molecule has 1 rings (SSSR count). The zero-order valence-corrected chi connectivity index (χ0v) is 9.82. The first-order valence-corrected chi connectivity index (χ1v) is 5.36. The lowest BCUT2D eigenvalue weighted by molar-refractivity contribution is 0.276. The van der Waals surface area contributed by atoms with Crippen LogP contribution in [0.5, 0.6) is 5.75 Å². The molecule has 0 aliphatic carbocycles. The van der Waals surface area contributed by atoms with Gasteiger partial charge in [-0.1, -0.05) is 6.07 Å². The number of halogens is 1. The van der Waals surface area contributed by atoms with Crippen LogP contribution in [-0.4, -0.2) is 38.2 Å². The molecule has 0 aliphatic rings. The second-order valence-corrected chi connectivity index (χ2v) is 4.12. The lowest BCUT2D eigenvalue weighted by atomic mass is 10.2. The third-order valence-electron chi connectivity index (χ3n) is 2.15. The van der Waals surface area contributed by atoms with Crippen molar-refractivity contribution in [3.8, 4) is 5.75 Å². The number of likely N-dealkylation sites (N-methyl/N-ethyl adjacent to an activating group) is 1. The highest BCUT2D eigenvalue weighted by Gasteiger charge is 2.04. The van der Waals surface area contributed by atoms with E-state index in [9.17, 15) is 4.39 Å². The van der Waals surface area contributed by atoms with E-state index in [1.807, 2.05) is 19.0 Å². The van der Waals surface area contributed by atoms with Crippen LogP contribution in [0.1, 0.15) is 6.42 Å². The Balaban J connectivity index is 2.25. The van der Waals surface area contributed by atoms with Crippen molar-refractivity contribution in [1.82, 2.24) is 4.90 Å². The van der Waals surface area contributed by atoms with Gasteiger partial charge in [0.05, 0.1) is 6.61 Å². The normalized spacial score (nSPS) is 12.8. The summed E-state index contributed by atoms with van der Waals surface area (Å²) in [7, 11) is 3.96. The SMILES string of the molecule is CN(C)CC(N)CCOc1cccc(F)c1. The molecule has 0 heterocycles. The van der Waals surface area contributed by atoms with Crippen LogP contribution in [0.2, 0.25) is 0 Å². The van der Waals surface area contributed by atoms with Gasteiger partial charge in [-0.25, -0.2) is 4.39 Å². The molecule has 0 saturated heterocycles. The first-order valence-electron chi connectivity index (χ1n) is 5.36. The maximum atomic E-state index is 12.8. The molecule has 90 valence electrons. The van der Waals surface area contributed by atoms with Crippen LogP contribution in [0, 0.1) is 5.82 Å². The van der Waals surface area contributed by atoms with Crippen molar-refractivity contribution in [1.29, 1.82) is 0 Å². The lowest BCUT2D eigenvalue weighted by Gasteiger charge is -2.16. The molecule has 0 bridgehead atoms. The minimum absolute atomic E-state index is 0.0866. The van der Waals surface area contributed by atoms with Gasteiger partial charge >= 0.3 is 0 Å². The van der Waals surface area contributed by atoms with Gasteiger partial charge in [-0.15, -0.1) is 0 Å². The van der Waals surface area contributed by atoms with Crippen molar-refractivity contribution in [3.63, 3.8) is 0 Å². The van der Waals surface area contributed by atoms with Crippen molar-refractivity contribution in [3.05, 3.63) is 30.1 Å². The van der Waals surface area contributed by atoms with E-state index < -0.39 is 0 Å². The predicted molar refractivity (Wildman–Crippen MR) is 63.0 cm³/mol. The van der Waals surface area contributed by atoms with Gasteiger partial charge in [0.15, 0.2) is 0 Å². The molecule has 16 heavy (non-hydrogen) atoms. The summed E-state index contributed by atoms with van der Waals surface area (Å²) in [5.74, 6) is 0.271. The van der Waals surface area contributed by atoms with Crippen LogP contribution in [0.15, 0.2) is 24.3 Å². The topological polar surface area (TPSA) is 38.5 Å². The molecular formula is C12H19FN2O. The summed E-state index contributed by atoms with van der Waals surface area (Å²) in [5, 5.41) is 0. The number of hydrogen-bond donors (Lipinski definition) is 1. The Bertz CT molecular complexity index is 318. The fourth-order valence-corrected chi connectivity index (χ4v) is 1.45. The van der Waals surface area contributed by atoms with E-state index in [2.05, 4.69) is 0 Å². The Morgan fingerprint density at radius 2 is 2.19 bits per heavy atom. The van der Waals surface area contributed by atoms with Crippen molar-refractivity contribution < 1.29 is 9.13 Å². The molecule has 1 unspecified atom stereocenters. The van der Waals surface area contributed by atoms with E-state index in [0.29, 0.717) is 12.4 Å². The van der Waals surface area contributed by atoms with Crippen molar-refractivity contribution in [2.24, 2.45) is 5.73 Å². The molecule has 3 nitrogen and oxygen atoms in total. The summed E-state index contributed by atoms with van der Waals surface area (Å²) in [5.41, 5.74) is 5.87. The Labute approximate surface area is 96.0 Å². The van der Waals surface area contributed by atoms with E-state index in [1.165, 1.54) is 12.1 Å². The van der Waals surface area contributed by atoms with Gasteiger partial charge in [-0.3, -0.25) is 0 Å². The Morgan fingerprint density at radius 3 is 2.81 bits per heavy atom. The molecular weight excluding hydrogens is 207 g/mol. The fraction of sp³-hybridized carbons (Fsp3) is 0.500. The Kier molecular flexibility index (Phi) is 5.22.